The molecule has 8 nitrogen and oxygen atoms in total. The van der Waals surface area contributed by atoms with Gasteiger partial charge in [0.1, 0.15) is 0 Å². The highest BCUT2D eigenvalue weighted by molar-refractivity contribution is 7.89. The number of aromatic nitrogens is 2. The van der Waals surface area contributed by atoms with Gasteiger partial charge in [0.2, 0.25) is 16.0 Å². The molecule has 4 N–H and O–H groups in total. The Labute approximate surface area is 97.9 Å². The molecule has 0 aromatic carbocycles. The number of nitrogens with zero attached hydrogens (tertiary/aromatic N) is 2. The van der Waals surface area contributed by atoms with E-state index in [-0.39, 0.29) is 23.9 Å². The van der Waals surface area contributed by atoms with Crippen LogP contribution in [0.1, 0.15) is 16.2 Å². The number of anilines is 1. The number of hydrogen-bond acceptors (Lipinski definition) is 6. The normalized spacial score (nSPS) is 11.2. The summed E-state index contributed by atoms with van der Waals surface area (Å²) in [4.78, 5) is 18.3. The second-order valence-corrected chi connectivity index (χ2v) is 5.05. The van der Waals surface area contributed by atoms with E-state index in [0.29, 0.717) is 5.69 Å². The molecule has 0 aliphatic heterocycles. The van der Waals surface area contributed by atoms with Crippen molar-refractivity contribution < 1.29 is 18.3 Å². The highest BCUT2D eigenvalue weighted by Gasteiger charge is 2.09. The van der Waals surface area contributed by atoms with Gasteiger partial charge in [0, 0.05) is 12.2 Å². The minimum absolute atomic E-state index is 0.0152. The molecule has 94 valence electrons. The number of hydrogen-bond donors (Lipinski definition) is 3. The first-order valence-electron chi connectivity index (χ1n) is 4.61. The maximum atomic E-state index is 10.7. The summed E-state index contributed by atoms with van der Waals surface area (Å²) < 4.78 is 21.3. The molecule has 0 spiro atoms. The van der Waals surface area contributed by atoms with Gasteiger partial charge in [-0.3, -0.25) is 0 Å². The van der Waals surface area contributed by atoms with Gasteiger partial charge in [-0.05, 0) is 13.0 Å². The molecule has 0 fully saturated rings. The fourth-order valence-electron chi connectivity index (χ4n) is 1.06. The first-order valence-corrected chi connectivity index (χ1v) is 6.33. The SMILES string of the molecule is Cc1cc(C(=O)O)nc(NCCS(N)(=O)=O)n1. The van der Waals surface area contributed by atoms with Crippen molar-refractivity contribution in [3.63, 3.8) is 0 Å². The van der Waals surface area contributed by atoms with Crippen LogP contribution in [0.5, 0.6) is 0 Å². The van der Waals surface area contributed by atoms with Gasteiger partial charge in [-0.15, -0.1) is 0 Å². The smallest absolute Gasteiger partial charge is 0.354 e. The van der Waals surface area contributed by atoms with Crippen molar-refractivity contribution in [3.8, 4) is 0 Å². The van der Waals surface area contributed by atoms with Crippen LogP contribution in [0, 0.1) is 6.92 Å². The van der Waals surface area contributed by atoms with Crippen LogP contribution in [0.4, 0.5) is 5.95 Å². The van der Waals surface area contributed by atoms with Crippen LogP contribution in [0.2, 0.25) is 0 Å². The molecule has 1 aromatic heterocycles. The van der Waals surface area contributed by atoms with Gasteiger partial charge in [-0.1, -0.05) is 0 Å². The summed E-state index contributed by atoms with van der Waals surface area (Å²) >= 11 is 0. The first kappa shape index (κ1) is 13.3. The van der Waals surface area contributed by atoms with Crippen LogP contribution in [-0.2, 0) is 10.0 Å². The van der Waals surface area contributed by atoms with Gasteiger partial charge in [-0.25, -0.2) is 28.3 Å². The second-order valence-electron chi connectivity index (χ2n) is 3.32. The molecule has 17 heavy (non-hydrogen) atoms. The number of aryl methyl sites for hydroxylation is 1. The Morgan fingerprint density at radius 3 is 2.71 bits per heavy atom. The minimum Gasteiger partial charge on any atom is -0.477 e. The van der Waals surface area contributed by atoms with Gasteiger partial charge in [0.05, 0.1) is 5.75 Å². The van der Waals surface area contributed by atoms with Crippen LogP contribution >= 0.6 is 0 Å². The lowest BCUT2D eigenvalue weighted by molar-refractivity contribution is 0.0690. The minimum atomic E-state index is -3.57. The third-order valence-corrected chi connectivity index (χ3v) is 2.52. The summed E-state index contributed by atoms with van der Waals surface area (Å²) in [6.07, 6.45) is 0. The third kappa shape index (κ3) is 4.74. The predicted octanol–water partition coefficient (Wildman–Crippen LogP) is -0.816. The van der Waals surface area contributed by atoms with Crippen molar-refractivity contribution in [1.82, 2.24) is 9.97 Å². The summed E-state index contributed by atoms with van der Waals surface area (Å²) in [6, 6.07) is 1.31. The molecule has 0 atom stereocenters. The number of carboxylic acid groups (broad SMARTS) is 1. The number of rotatable bonds is 5. The van der Waals surface area contributed by atoms with E-state index >= 15 is 0 Å². The maximum Gasteiger partial charge on any atom is 0.354 e. The zero-order valence-corrected chi connectivity index (χ0v) is 9.86. The number of carbonyl (C=O) groups is 1. The lowest BCUT2D eigenvalue weighted by atomic mass is 10.3. The van der Waals surface area contributed by atoms with Crippen LogP contribution in [0.25, 0.3) is 0 Å². The summed E-state index contributed by atoms with van der Waals surface area (Å²) in [6.45, 7) is 1.63. The van der Waals surface area contributed by atoms with E-state index in [1.807, 2.05) is 0 Å². The van der Waals surface area contributed by atoms with Crippen LogP contribution in [-0.4, -0.2) is 41.8 Å². The lowest BCUT2D eigenvalue weighted by Crippen LogP contribution is -2.23. The predicted molar refractivity (Wildman–Crippen MR) is 60.2 cm³/mol. The number of nitrogens with two attached hydrogens (primary N) is 1. The molecular formula is C8H12N4O4S. The molecule has 0 unspecified atom stereocenters. The van der Waals surface area contributed by atoms with Crippen molar-refractivity contribution >= 4 is 21.9 Å². The largest absolute Gasteiger partial charge is 0.477 e. The number of primary sulfonamides is 1. The van der Waals surface area contributed by atoms with E-state index < -0.39 is 16.0 Å². The quantitative estimate of drug-likeness (QED) is 0.629. The van der Waals surface area contributed by atoms with Crippen LogP contribution in [0.3, 0.4) is 0 Å². The van der Waals surface area contributed by atoms with Gasteiger partial charge in [-0.2, -0.15) is 0 Å². The van der Waals surface area contributed by atoms with Gasteiger partial charge in [0.25, 0.3) is 0 Å². The van der Waals surface area contributed by atoms with Crippen LogP contribution in [0.15, 0.2) is 6.07 Å². The standard InChI is InChI=1S/C8H12N4O4S/c1-5-4-6(7(13)14)12-8(11-5)10-2-3-17(9,15)16/h4H,2-3H2,1H3,(H,13,14)(H2,9,15,16)(H,10,11,12). The topological polar surface area (TPSA) is 135 Å². The fraction of sp³-hybridized carbons (Fsp3) is 0.375. The highest BCUT2D eigenvalue weighted by atomic mass is 32.2. The van der Waals surface area contributed by atoms with Gasteiger partial charge in [0.15, 0.2) is 5.69 Å². The number of nitrogens with one attached hydrogen (secondary N) is 1. The van der Waals surface area contributed by atoms with E-state index in [2.05, 4.69) is 15.3 Å². The summed E-state index contributed by atoms with van der Waals surface area (Å²) in [5.41, 5.74) is 0.311. The van der Waals surface area contributed by atoms with Crippen molar-refractivity contribution in [2.75, 3.05) is 17.6 Å². The molecule has 0 aliphatic carbocycles. The fourth-order valence-corrected chi connectivity index (χ4v) is 1.45. The van der Waals surface area contributed by atoms with Crippen molar-refractivity contribution in [1.29, 1.82) is 0 Å². The number of sulfonamides is 1. The molecule has 1 heterocycles. The molecule has 0 amide bonds. The molecule has 0 saturated heterocycles. The monoisotopic (exact) mass is 260 g/mol. The van der Waals surface area contributed by atoms with E-state index in [4.69, 9.17) is 10.2 Å². The first-order chi connectivity index (χ1) is 7.78. The molecule has 1 aromatic rings. The highest BCUT2D eigenvalue weighted by Crippen LogP contribution is 2.04. The van der Waals surface area contributed by atoms with Gasteiger partial charge < -0.3 is 10.4 Å². The molecule has 0 saturated carbocycles. The number of aromatic carboxylic acids is 1. The van der Waals surface area contributed by atoms with E-state index in [9.17, 15) is 13.2 Å². The van der Waals surface area contributed by atoms with E-state index in [1.54, 1.807) is 6.92 Å². The van der Waals surface area contributed by atoms with Crippen molar-refractivity contribution in [3.05, 3.63) is 17.5 Å². The Kier molecular flexibility index (Phi) is 3.97. The molecule has 9 heteroatoms. The van der Waals surface area contributed by atoms with Crippen molar-refractivity contribution in [2.24, 2.45) is 5.14 Å². The maximum absolute atomic E-state index is 10.7. The zero-order chi connectivity index (χ0) is 13.1. The summed E-state index contributed by atoms with van der Waals surface area (Å²) in [7, 11) is -3.57. The van der Waals surface area contributed by atoms with E-state index in [0.717, 1.165) is 0 Å². The average Bonchev–Trinajstić information content (AvgIpc) is 2.14. The Balaban J connectivity index is 2.75. The summed E-state index contributed by atoms with van der Waals surface area (Å²) in [5, 5.41) is 16.2. The average molecular weight is 260 g/mol. The Morgan fingerprint density at radius 2 is 2.18 bits per heavy atom. The molecule has 0 bridgehead atoms. The Bertz CT molecular complexity index is 528. The van der Waals surface area contributed by atoms with E-state index in [1.165, 1.54) is 6.07 Å². The van der Waals surface area contributed by atoms with Gasteiger partial charge >= 0.3 is 5.97 Å². The Hall–Kier alpha value is -1.74. The van der Waals surface area contributed by atoms with Crippen molar-refractivity contribution in [2.45, 2.75) is 6.92 Å². The molecule has 0 radical (unpaired) electrons. The lowest BCUT2D eigenvalue weighted by Gasteiger charge is -2.05. The second kappa shape index (κ2) is 5.06. The molecule has 1 rings (SSSR count). The zero-order valence-electron chi connectivity index (χ0n) is 9.04. The molecule has 0 aliphatic rings. The molecular weight excluding hydrogens is 248 g/mol. The Morgan fingerprint density at radius 1 is 1.53 bits per heavy atom. The third-order valence-electron chi connectivity index (χ3n) is 1.74. The van der Waals surface area contributed by atoms with Crippen LogP contribution < -0.4 is 10.5 Å². The summed E-state index contributed by atoms with van der Waals surface area (Å²) in [5.74, 6) is -1.40. The number of carboxylic acids is 1.